The summed E-state index contributed by atoms with van der Waals surface area (Å²) in [6, 6.07) is 1.97. The van der Waals surface area contributed by atoms with Crippen molar-refractivity contribution in [2.45, 2.75) is 57.5 Å². The molecule has 0 saturated heterocycles. The minimum Gasteiger partial charge on any atom is -0.481 e. The number of hydrogen-bond acceptors (Lipinski definition) is 3. The Morgan fingerprint density at radius 1 is 1.50 bits per heavy atom. The predicted molar refractivity (Wildman–Crippen MR) is 73.5 cm³/mol. The molecule has 1 heterocycles. The number of nitrogens with zero attached hydrogens (tertiary/aromatic N) is 2. The molecule has 0 radical (unpaired) electrons. The van der Waals surface area contributed by atoms with Gasteiger partial charge in [-0.25, -0.2) is 0 Å². The van der Waals surface area contributed by atoms with Crippen molar-refractivity contribution in [1.29, 1.82) is 0 Å². The third-order valence-electron chi connectivity index (χ3n) is 3.71. The van der Waals surface area contributed by atoms with Gasteiger partial charge in [-0.3, -0.25) is 14.3 Å². The molecule has 110 valence electrons. The van der Waals surface area contributed by atoms with Gasteiger partial charge in [0.25, 0.3) is 5.91 Å². The lowest BCUT2D eigenvalue weighted by molar-refractivity contribution is -0.137. The Kier molecular flexibility index (Phi) is 4.76. The molecule has 1 aromatic rings. The fourth-order valence-corrected chi connectivity index (χ4v) is 2.54. The SMILES string of the molecule is C[C@H](CCC(=O)O)NC(=O)c1ccn(C2CCCC2)n1. The highest BCUT2D eigenvalue weighted by Crippen LogP contribution is 2.28. The molecule has 1 fully saturated rings. The van der Waals surface area contributed by atoms with Crippen molar-refractivity contribution in [3.63, 3.8) is 0 Å². The molecule has 2 N–H and O–H groups in total. The van der Waals surface area contributed by atoms with Gasteiger partial charge in [-0.15, -0.1) is 0 Å². The van der Waals surface area contributed by atoms with Crippen molar-refractivity contribution in [2.75, 3.05) is 0 Å². The number of carboxylic acids is 1. The van der Waals surface area contributed by atoms with Crippen LogP contribution in [0.15, 0.2) is 12.3 Å². The lowest BCUT2D eigenvalue weighted by Gasteiger charge is -2.12. The number of aliphatic carboxylic acids is 1. The zero-order valence-corrected chi connectivity index (χ0v) is 11.7. The lowest BCUT2D eigenvalue weighted by Crippen LogP contribution is -2.33. The van der Waals surface area contributed by atoms with Crippen LogP contribution < -0.4 is 5.32 Å². The van der Waals surface area contributed by atoms with Crippen LogP contribution >= 0.6 is 0 Å². The van der Waals surface area contributed by atoms with Crippen molar-refractivity contribution in [3.05, 3.63) is 18.0 Å². The van der Waals surface area contributed by atoms with Gasteiger partial charge in [0.05, 0.1) is 6.04 Å². The standard InChI is InChI=1S/C14H21N3O3/c1-10(6-7-13(18)19)15-14(20)12-8-9-17(16-12)11-4-2-3-5-11/h8-11H,2-7H2,1H3,(H,15,20)(H,18,19)/t10-/m1/s1. The van der Waals surface area contributed by atoms with Crippen LogP contribution in [-0.4, -0.2) is 32.8 Å². The Morgan fingerprint density at radius 3 is 2.85 bits per heavy atom. The molecule has 2 rings (SSSR count). The molecule has 0 unspecified atom stereocenters. The van der Waals surface area contributed by atoms with Crippen LogP contribution in [0.5, 0.6) is 0 Å². The van der Waals surface area contributed by atoms with Crippen LogP contribution in [0.1, 0.15) is 62.0 Å². The molecule has 1 aliphatic carbocycles. The molecule has 1 aliphatic rings. The van der Waals surface area contributed by atoms with E-state index < -0.39 is 5.97 Å². The van der Waals surface area contributed by atoms with E-state index in [0.717, 1.165) is 12.8 Å². The van der Waals surface area contributed by atoms with Crippen LogP contribution in [0.3, 0.4) is 0 Å². The van der Waals surface area contributed by atoms with Gasteiger partial charge in [-0.2, -0.15) is 5.10 Å². The summed E-state index contributed by atoms with van der Waals surface area (Å²) in [5, 5.41) is 15.7. The van der Waals surface area contributed by atoms with Gasteiger partial charge in [0.2, 0.25) is 0 Å². The third kappa shape index (κ3) is 3.82. The van der Waals surface area contributed by atoms with Crippen LogP contribution in [0.2, 0.25) is 0 Å². The molecule has 6 heteroatoms. The molecule has 1 saturated carbocycles. The van der Waals surface area contributed by atoms with E-state index in [1.807, 2.05) is 10.9 Å². The summed E-state index contributed by atoms with van der Waals surface area (Å²) in [6.45, 7) is 1.80. The Hall–Kier alpha value is -1.85. The first-order valence-electron chi connectivity index (χ1n) is 7.14. The third-order valence-corrected chi connectivity index (χ3v) is 3.71. The van der Waals surface area contributed by atoms with E-state index in [0.29, 0.717) is 18.2 Å². The van der Waals surface area contributed by atoms with Gasteiger partial charge in [-0.05, 0) is 32.3 Å². The second kappa shape index (κ2) is 6.54. The maximum atomic E-state index is 12.0. The van der Waals surface area contributed by atoms with Crippen LogP contribution in [0.25, 0.3) is 0 Å². The molecule has 0 aliphatic heterocycles. The van der Waals surface area contributed by atoms with Gasteiger partial charge in [0, 0.05) is 18.7 Å². The second-order valence-electron chi connectivity index (χ2n) is 5.43. The van der Waals surface area contributed by atoms with Crippen molar-refractivity contribution in [1.82, 2.24) is 15.1 Å². The molecule has 6 nitrogen and oxygen atoms in total. The molecular weight excluding hydrogens is 258 g/mol. The van der Waals surface area contributed by atoms with E-state index in [9.17, 15) is 9.59 Å². The largest absolute Gasteiger partial charge is 0.481 e. The van der Waals surface area contributed by atoms with E-state index in [4.69, 9.17) is 5.11 Å². The van der Waals surface area contributed by atoms with Crippen molar-refractivity contribution in [2.24, 2.45) is 0 Å². The summed E-state index contributed by atoms with van der Waals surface area (Å²) in [6.07, 6.45) is 7.02. The summed E-state index contributed by atoms with van der Waals surface area (Å²) in [5.74, 6) is -1.09. The smallest absolute Gasteiger partial charge is 0.303 e. The first-order chi connectivity index (χ1) is 9.56. The summed E-state index contributed by atoms with van der Waals surface area (Å²) in [5.41, 5.74) is 0.402. The van der Waals surface area contributed by atoms with E-state index >= 15 is 0 Å². The number of carbonyl (C=O) groups excluding carboxylic acids is 1. The molecule has 0 spiro atoms. The normalized spacial score (nSPS) is 17.1. The zero-order valence-electron chi connectivity index (χ0n) is 11.7. The maximum absolute atomic E-state index is 12.0. The number of hydrogen-bond donors (Lipinski definition) is 2. The molecule has 1 atom stereocenters. The van der Waals surface area contributed by atoms with Gasteiger partial charge < -0.3 is 10.4 Å². The molecule has 0 aromatic carbocycles. The fourth-order valence-electron chi connectivity index (χ4n) is 2.54. The number of amides is 1. The first kappa shape index (κ1) is 14.6. The van der Waals surface area contributed by atoms with Crippen LogP contribution in [-0.2, 0) is 4.79 Å². The number of rotatable bonds is 6. The highest BCUT2D eigenvalue weighted by Gasteiger charge is 2.19. The van der Waals surface area contributed by atoms with E-state index in [1.54, 1.807) is 13.0 Å². The molecule has 1 amide bonds. The summed E-state index contributed by atoms with van der Waals surface area (Å²) in [7, 11) is 0. The number of nitrogens with one attached hydrogen (secondary N) is 1. The van der Waals surface area contributed by atoms with Crippen molar-refractivity contribution in [3.8, 4) is 0 Å². The molecule has 1 aromatic heterocycles. The van der Waals surface area contributed by atoms with Crippen molar-refractivity contribution >= 4 is 11.9 Å². The van der Waals surface area contributed by atoms with Gasteiger partial charge in [-0.1, -0.05) is 12.8 Å². The van der Waals surface area contributed by atoms with Crippen molar-refractivity contribution < 1.29 is 14.7 Å². The number of carboxylic acid groups (broad SMARTS) is 1. The topological polar surface area (TPSA) is 84.2 Å². The Balaban J connectivity index is 1.87. The maximum Gasteiger partial charge on any atom is 0.303 e. The van der Waals surface area contributed by atoms with E-state index in [1.165, 1.54) is 12.8 Å². The van der Waals surface area contributed by atoms with E-state index in [-0.39, 0.29) is 18.4 Å². The average Bonchev–Trinajstić information content (AvgIpc) is 3.06. The summed E-state index contributed by atoms with van der Waals surface area (Å²) < 4.78 is 1.88. The predicted octanol–water partition coefficient (Wildman–Crippen LogP) is 1.98. The second-order valence-corrected chi connectivity index (χ2v) is 5.43. The Bertz CT molecular complexity index is 478. The fraction of sp³-hybridized carbons (Fsp3) is 0.643. The monoisotopic (exact) mass is 279 g/mol. The molecule has 0 bridgehead atoms. The highest BCUT2D eigenvalue weighted by molar-refractivity contribution is 5.92. The Morgan fingerprint density at radius 2 is 2.20 bits per heavy atom. The van der Waals surface area contributed by atoms with Gasteiger partial charge >= 0.3 is 5.97 Å². The Labute approximate surface area is 118 Å². The lowest BCUT2D eigenvalue weighted by atomic mass is 10.2. The van der Waals surface area contributed by atoms with Gasteiger partial charge in [0.1, 0.15) is 5.69 Å². The van der Waals surface area contributed by atoms with Gasteiger partial charge in [0.15, 0.2) is 0 Å². The first-order valence-corrected chi connectivity index (χ1v) is 7.14. The molecule has 20 heavy (non-hydrogen) atoms. The number of carbonyl (C=O) groups is 2. The number of aromatic nitrogens is 2. The minimum atomic E-state index is -0.850. The van der Waals surface area contributed by atoms with Crippen LogP contribution in [0.4, 0.5) is 0 Å². The van der Waals surface area contributed by atoms with E-state index in [2.05, 4.69) is 10.4 Å². The zero-order chi connectivity index (χ0) is 14.5. The highest BCUT2D eigenvalue weighted by atomic mass is 16.4. The quantitative estimate of drug-likeness (QED) is 0.834. The van der Waals surface area contributed by atoms with Crippen LogP contribution in [0, 0.1) is 0 Å². The summed E-state index contributed by atoms with van der Waals surface area (Å²) in [4.78, 5) is 22.5. The summed E-state index contributed by atoms with van der Waals surface area (Å²) >= 11 is 0. The minimum absolute atomic E-state index is 0.0535. The average molecular weight is 279 g/mol. The molecular formula is C14H21N3O3.